The smallest absolute Gasteiger partial charge is 0.414 e. The van der Waals surface area contributed by atoms with Gasteiger partial charge in [-0.2, -0.15) is 0 Å². The molecule has 1 unspecified atom stereocenters. The molecule has 0 radical (unpaired) electrons. The van der Waals surface area contributed by atoms with E-state index in [1.54, 1.807) is 13.1 Å². The van der Waals surface area contributed by atoms with Crippen molar-refractivity contribution in [2.75, 3.05) is 43.0 Å². The minimum atomic E-state index is -0.563. The van der Waals surface area contributed by atoms with Crippen LogP contribution in [0.25, 0.3) is 0 Å². The van der Waals surface area contributed by atoms with Crippen LogP contribution in [0.2, 0.25) is 0 Å². The summed E-state index contributed by atoms with van der Waals surface area (Å²) in [5.74, 6) is -0.563. The fourth-order valence-electron chi connectivity index (χ4n) is 2.46. The Labute approximate surface area is 157 Å². The minimum Gasteiger partial charge on any atom is -0.443 e. The van der Waals surface area contributed by atoms with Crippen LogP contribution < -0.4 is 20.4 Å². The number of nitrogens with zero attached hydrogens (tertiary/aromatic N) is 2. The second-order valence-electron chi connectivity index (χ2n) is 5.44. The number of halogens is 1. The number of nitrogens with one attached hydrogen (secondary N) is 3. The van der Waals surface area contributed by atoms with Crippen molar-refractivity contribution in [3.63, 3.8) is 0 Å². The van der Waals surface area contributed by atoms with E-state index < -0.39 is 11.9 Å². The summed E-state index contributed by atoms with van der Waals surface area (Å²) in [6.45, 7) is 2.85. The largest absolute Gasteiger partial charge is 0.443 e. The van der Waals surface area contributed by atoms with Crippen molar-refractivity contribution >= 4 is 36.5 Å². The van der Waals surface area contributed by atoms with Gasteiger partial charge >= 0.3 is 6.09 Å². The van der Waals surface area contributed by atoms with Crippen LogP contribution in [-0.4, -0.2) is 64.5 Å². The SMILES string of the molecule is CC=O.CNCC1CN(c2ccc(N(C=N)CCNC=O)c(F)c2)C(=O)O1. The summed E-state index contributed by atoms with van der Waals surface area (Å²) in [5, 5.41) is 12.8. The maximum Gasteiger partial charge on any atom is 0.414 e. The summed E-state index contributed by atoms with van der Waals surface area (Å²) in [6.07, 6.45) is 1.49. The molecule has 0 bridgehead atoms. The number of carbonyl (C=O) groups excluding carboxylic acids is 3. The molecular formula is C17H24FN5O4. The van der Waals surface area contributed by atoms with Crippen LogP contribution in [0.3, 0.4) is 0 Å². The highest BCUT2D eigenvalue weighted by Crippen LogP contribution is 2.27. The van der Waals surface area contributed by atoms with Crippen LogP contribution in [-0.2, 0) is 14.3 Å². The molecule has 9 nitrogen and oxygen atoms in total. The summed E-state index contributed by atoms with van der Waals surface area (Å²) in [4.78, 5) is 33.7. The fraction of sp³-hybridized carbons (Fsp3) is 0.412. The van der Waals surface area contributed by atoms with Gasteiger partial charge in [-0.05, 0) is 32.2 Å². The second kappa shape index (κ2) is 11.6. The predicted octanol–water partition coefficient (Wildman–Crippen LogP) is 0.735. The fourth-order valence-corrected chi connectivity index (χ4v) is 2.46. The number of ether oxygens (including phenoxy) is 1. The van der Waals surface area contributed by atoms with Crippen molar-refractivity contribution < 1.29 is 23.5 Å². The molecule has 148 valence electrons. The van der Waals surface area contributed by atoms with Gasteiger partial charge in [0.05, 0.1) is 24.3 Å². The minimum absolute atomic E-state index is 0.195. The van der Waals surface area contributed by atoms with Crippen LogP contribution in [0.1, 0.15) is 6.92 Å². The third kappa shape index (κ3) is 6.33. The maximum atomic E-state index is 14.4. The number of carbonyl (C=O) groups is 3. The van der Waals surface area contributed by atoms with Gasteiger partial charge in [-0.15, -0.1) is 0 Å². The highest BCUT2D eigenvalue weighted by atomic mass is 19.1. The number of benzene rings is 1. The molecule has 1 aromatic rings. The molecule has 1 heterocycles. The summed E-state index contributed by atoms with van der Waals surface area (Å²) in [5.41, 5.74) is 0.594. The summed E-state index contributed by atoms with van der Waals surface area (Å²) in [6, 6.07) is 4.34. The number of aldehydes is 1. The molecule has 1 fully saturated rings. The van der Waals surface area contributed by atoms with Crippen molar-refractivity contribution in [2.45, 2.75) is 13.0 Å². The van der Waals surface area contributed by atoms with E-state index in [4.69, 9.17) is 14.9 Å². The van der Waals surface area contributed by atoms with Crippen molar-refractivity contribution in [1.29, 1.82) is 5.41 Å². The number of amides is 2. The Morgan fingerprint density at radius 3 is 2.70 bits per heavy atom. The molecule has 2 rings (SSSR count). The Hall–Kier alpha value is -3.01. The molecular weight excluding hydrogens is 357 g/mol. The molecule has 2 amide bonds. The van der Waals surface area contributed by atoms with Gasteiger partial charge in [-0.25, -0.2) is 9.18 Å². The zero-order valence-electron chi connectivity index (χ0n) is 15.3. The lowest BCUT2D eigenvalue weighted by Crippen LogP contribution is -2.31. The lowest BCUT2D eigenvalue weighted by Gasteiger charge is -2.21. The van der Waals surface area contributed by atoms with Crippen molar-refractivity contribution in [3.8, 4) is 0 Å². The highest BCUT2D eigenvalue weighted by molar-refractivity contribution is 5.90. The van der Waals surface area contributed by atoms with E-state index >= 15 is 0 Å². The third-order valence-corrected chi connectivity index (χ3v) is 3.59. The van der Waals surface area contributed by atoms with Crippen molar-refractivity contribution in [1.82, 2.24) is 10.6 Å². The predicted molar refractivity (Wildman–Crippen MR) is 99.9 cm³/mol. The van der Waals surface area contributed by atoms with Gasteiger partial charge in [0, 0.05) is 19.6 Å². The van der Waals surface area contributed by atoms with Gasteiger partial charge in [-0.3, -0.25) is 15.1 Å². The highest BCUT2D eigenvalue weighted by Gasteiger charge is 2.32. The molecule has 0 spiro atoms. The van der Waals surface area contributed by atoms with Crippen LogP contribution in [0.15, 0.2) is 18.2 Å². The first-order valence-electron chi connectivity index (χ1n) is 8.28. The molecule has 1 aliphatic rings. The molecule has 1 atom stereocenters. The van der Waals surface area contributed by atoms with E-state index in [-0.39, 0.29) is 24.9 Å². The number of hydrogen-bond donors (Lipinski definition) is 3. The average molecular weight is 381 g/mol. The van der Waals surface area contributed by atoms with E-state index in [0.717, 1.165) is 12.6 Å². The lowest BCUT2D eigenvalue weighted by molar-refractivity contribution is -0.109. The molecule has 27 heavy (non-hydrogen) atoms. The van der Waals surface area contributed by atoms with Crippen LogP contribution in [0.4, 0.5) is 20.6 Å². The number of rotatable bonds is 9. The van der Waals surface area contributed by atoms with Gasteiger partial charge in [-0.1, -0.05) is 0 Å². The van der Waals surface area contributed by atoms with E-state index in [0.29, 0.717) is 25.2 Å². The zero-order chi connectivity index (χ0) is 20.2. The van der Waals surface area contributed by atoms with E-state index in [1.165, 1.54) is 28.9 Å². The molecule has 3 N–H and O–H groups in total. The van der Waals surface area contributed by atoms with Crippen LogP contribution >= 0.6 is 0 Å². The Balaban J connectivity index is 0.00000114. The third-order valence-electron chi connectivity index (χ3n) is 3.59. The average Bonchev–Trinajstić information content (AvgIpc) is 3.01. The Morgan fingerprint density at radius 2 is 2.15 bits per heavy atom. The van der Waals surface area contributed by atoms with Crippen LogP contribution in [0, 0.1) is 11.2 Å². The zero-order valence-corrected chi connectivity index (χ0v) is 15.3. The van der Waals surface area contributed by atoms with Gasteiger partial charge in [0.15, 0.2) is 0 Å². The van der Waals surface area contributed by atoms with Gasteiger partial charge in [0.1, 0.15) is 18.2 Å². The van der Waals surface area contributed by atoms with Crippen molar-refractivity contribution in [3.05, 3.63) is 24.0 Å². The number of anilines is 2. The summed E-state index contributed by atoms with van der Waals surface area (Å²) in [7, 11) is 1.76. The Bertz CT molecular complexity index is 658. The maximum absolute atomic E-state index is 14.4. The molecule has 0 aliphatic carbocycles. The topological polar surface area (TPSA) is 115 Å². The van der Waals surface area contributed by atoms with E-state index in [1.807, 2.05) is 0 Å². The summed E-state index contributed by atoms with van der Waals surface area (Å²) < 4.78 is 19.6. The standard InChI is InChI=1S/C15H20FN5O3.C2H4O/c1-18-7-12-8-21(15(23)24-12)11-2-3-14(13(16)6-11)20(9-17)5-4-19-10-22;1-2-3/h2-3,6,9-10,12,17-18H,4-5,7-8H2,1H3,(H,19,22);2H,1H3. The lowest BCUT2D eigenvalue weighted by atomic mass is 10.2. The monoisotopic (exact) mass is 381 g/mol. The molecule has 1 aliphatic heterocycles. The van der Waals surface area contributed by atoms with E-state index in [9.17, 15) is 14.0 Å². The molecule has 1 saturated heterocycles. The molecule has 0 saturated carbocycles. The first-order chi connectivity index (χ1) is 13.0. The van der Waals surface area contributed by atoms with Crippen molar-refractivity contribution in [2.24, 2.45) is 0 Å². The first-order valence-corrected chi connectivity index (χ1v) is 8.28. The second-order valence-corrected chi connectivity index (χ2v) is 5.44. The Morgan fingerprint density at radius 1 is 1.44 bits per heavy atom. The molecule has 10 heteroatoms. The molecule has 1 aromatic carbocycles. The molecule has 0 aromatic heterocycles. The number of cyclic esters (lactones) is 1. The number of likely N-dealkylation sites (N-methyl/N-ethyl adjacent to an activating group) is 1. The van der Waals surface area contributed by atoms with E-state index in [2.05, 4.69) is 10.6 Å². The summed E-state index contributed by atoms with van der Waals surface area (Å²) >= 11 is 0. The number of hydrogen-bond acceptors (Lipinski definition) is 6. The Kier molecular flexibility index (Phi) is 9.45. The van der Waals surface area contributed by atoms with Gasteiger partial charge < -0.3 is 25.1 Å². The quantitative estimate of drug-likeness (QED) is 0.251. The van der Waals surface area contributed by atoms with Gasteiger partial charge in [0.2, 0.25) is 6.41 Å². The van der Waals surface area contributed by atoms with Crippen LogP contribution in [0.5, 0.6) is 0 Å². The van der Waals surface area contributed by atoms with Gasteiger partial charge in [0.25, 0.3) is 0 Å². The first kappa shape index (κ1) is 22.0. The normalized spacial score (nSPS) is 15.3.